The van der Waals surface area contributed by atoms with Crippen LogP contribution in [0.3, 0.4) is 0 Å². The zero-order chi connectivity index (χ0) is 44.2. The Balaban J connectivity index is 0.794. The third-order valence-electron chi connectivity index (χ3n) is 11.8. The number of carbonyl (C=O) groups excluding carboxylic acids is 2. The monoisotopic (exact) mass is 927 g/mol. The van der Waals surface area contributed by atoms with Gasteiger partial charge in [-0.2, -0.15) is 0 Å². The van der Waals surface area contributed by atoms with Gasteiger partial charge in [-0.1, -0.05) is 30.3 Å². The van der Waals surface area contributed by atoms with Crippen LogP contribution >= 0.6 is 23.4 Å². The van der Waals surface area contributed by atoms with Crippen LogP contribution in [0.5, 0.6) is 0 Å². The predicted octanol–water partition coefficient (Wildman–Crippen LogP) is 5.96. The standard InChI is InChI=1S/C46H74ClN3O12S/c1-2-10-53-12-14-55-16-18-57-20-22-59-24-26-61-28-29-62-27-25-60-23-21-58-19-17-56-15-13-54-11-8-48-44(52)42-33-43(51)50(45(63-42)49-41-5-3-40(47)4-6-41)9-7-46-34-37-30-38(35-46)32-39(31-37)36-46/h3-6,37-39,42H,2,7-36H2,1H3,(H,48,52). The molecule has 1 saturated heterocycles. The number of hydrogen-bond acceptors (Lipinski definition) is 14. The Hall–Kier alpha value is -1.93. The molecule has 63 heavy (non-hydrogen) atoms. The molecule has 0 aromatic heterocycles. The maximum atomic E-state index is 13.7. The molecular formula is C46H74ClN3O12S. The maximum absolute atomic E-state index is 13.7. The van der Waals surface area contributed by atoms with Gasteiger partial charge in [0.1, 0.15) is 0 Å². The van der Waals surface area contributed by atoms with Gasteiger partial charge in [-0.3, -0.25) is 14.5 Å². The molecule has 1 aromatic rings. The summed E-state index contributed by atoms with van der Waals surface area (Å²) in [6.45, 7) is 13.2. The highest BCUT2D eigenvalue weighted by Gasteiger charge is 2.51. The number of ether oxygens (including phenoxy) is 10. The summed E-state index contributed by atoms with van der Waals surface area (Å²) >= 11 is 7.51. The number of thioether (sulfide) groups is 1. The van der Waals surface area contributed by atoms with E-state index in [9.17, 15) is 9.59 Å². The van der Waals surface area contributed by atoms with Crippen molar-refractivity contribution in [2.45, 2.75) is 70.0 Å². The van der Waals surface area contributed by atoms with Crippen LogP contribution in [0.25, 0.3) is 0 Å². The number of nitrogens with zero attached hydrogens (tertiary/aromatic N) is 2. The van der Waals surface area contributed by atoms with Gasteiger partial charge in [-0.15, -0.1) is 0 Å². The molecule has 1 unspecified atom stereocenters. The lowest BCUT2D eigenvalue weighted by Gasteiger charge is -2.57. The molecular weight excluding hydrogens is 854 g/mol. The van der Waals surface area contributed by atoms with E-state index >= 15 is 0 Å². The first kappa shape index (κ1) is 52.0. The van der Waals surface area contributed by atoms with Gasteiger partial charge in [0.2, 0.25) is 11.8 Å². The fraction of sp³-hybridized carbons (Fsp3) is 0.804. The van der Waals surface area contributed by atoms with Gasteiger partial charge >= 0.3 is 0 Å². The van der Waals surface area contributed by atoms with Crippen LogP contribution in [-0.4, -0.2) is 172 Å². The van der Waals surface area contributed by atoms with E-state index in [0.29, 0.717) is 160 Å². The van der Waals surface area contributed by atoms with E-state index in [1.54, 1.807) is 12.1 Å². The Morgan fingerprint density at radius 3 is 1.46 bits per heavy atom. The van der Waals surface area contributed by atoms with Crippen molar-refractivity contribution in [1.82, 2.24) is 10.2 Å². The molecule has 0 radical (unpaired) electrons. The summed E-state index contributed by atoms with van der Waals surface area (Å²) in [5, 5.41) is 3.60. The van der Waals surface area contributed by atoms with Gasteiger partial charge in [0, 0.05) is 31.1 Å². The highest BCUT2D eigenvalue weighted by atomic mass is 35.5. The summed E-state index contributed by atoms with van der Waals surface area (Å²) in [7, 11) is 0. The van der Waals surface area contributed by atoms with Crippen molar-refractivity contribution < 1.29 is 57.0 Å². The minimum atomic E-state index is -0.557. The molecule has 15 nitrogen and oxygen atoms in total. The minimum Gasteiger partial charge on any atom is -0.379 e. The van der Waals surface area contributed by atoms with E-state index in [1.807, 2.05) is 17.0 Å². The predicted molar refractivity (Wildman–Crippen MR) is 243 cm³/mol. The van der Waals surface area contributed by atoms with Crippen molar-refractivity contribution in [3.05, 3.63) is 29.3 Å². The van der Waals surface area contributed by atoms with Crippen LogP contribution in [0.4, 0.5) is 5.69 Å². The molecule has 0 spiro atoms. The van der Waals surface area contributed by atoms with Crippen LogP contribution in [0.2, 0.25) is 5.02 Å². The van der Waals surface area contributed by atoms with Crippen molar-refractivity contribution in [2.75, 3.05) is 145 Å². The van der Waals surface area contributed by atoms with E-state index in [2.05, 4.69) is 12.2 Å². The third kappa shape index (κ3) is 20.6. The summed E-state index contributed by atoms with van der Waals surface area (Å²) in [4.78, 5) is 33.6. The number of hydrogen-bond donors (Lipinski definition) is 1. The molecule has 17 heteroatoms. The lowest BCUT2D eigenvalue weighted by atomic mass is 9.49. The van der Waals surface area contributed by atoms with Gasteiger partial charge in [0.15, 0.2) is 5.17 Å². The van der Waals surface area contributed by atoms with Crippen LogP contribution in [0.1, 0.15) is 64.7 Å². The lowest BCUT2D eigenvalue weighted by Crippen LogP contribution is -2.50. The average Bonchev–Trinajstić information content (AvgIpc) is 3.26. The van der Waals surface area contributed by atoms with Crippen LogP contribution in [0, 0.1) is 23.2 Å². The Morgan fingerprint density at radius 1 is 0.651 bits per heavy atom. The Morgan fingerprint density at radius 2 is 1.05 bits per heavy atom. The fourth-order valence-electron chi connectivity index (χ4n) is 9.22. The molecule has 1 aliphatic heterocycles. The molecule has 6 rings (SSSR count). The minimum absolute atomic E-state index is 0.0434. The highest BCUT2D eigenvalue weighted by Crippen LogP contribution is 2.61. The Kier molecular flexibility index (Phi) is 25.7. The van der Waals surface area contributed by atoms with Gasteiger partial charge in [0.05, 0.1) is 136 Å². The second kappa shape index (κ2) is 31.1. The lowest BCUT2D eigenvalue weighted by molar-refractivity contribution is -0.131. The number of carbonyl (C=O) groups is 2. The van der Waals surface area contributed by atoms with Crippen LogP contribution in [0.15, 0.2) is 29.3 Å². The molecule has 1 N–H and O–H groups in total. The number of halogens is 1. The molecule has 4 saturated carbocycles. The number of aliphatic imine (C=N–C) groups is 1. The second-order valence-corrected chi connectivity index (χ2v) is 18.4. The number of amides is 2. The summed E-state index contributed by atoms with van der Waals surface area (Å²) in [6.07, 6.45) is 10.2. The highest BCUT2D eigenvalue weighted by molar-refractivity contribution is 8.15. The summed E-state index contributed by atoms with van der Waals surface area (Å²) in [5.74, 6) is 2.34. The first-order valence-electron chi connectivity index (χ1n) is 23.3. The second-order valence-electron chi connectivity index (χ2n) is 16.8. The Bertz CT molecular complexity index is 1410. The van der Waals surface area contributed by atoms with E-state index in [4.69, 9.17) is 64.0 Å². The van der Waals surface area contributed by atoms with Crippen molar-refractivity contribution in [3.8, 4) is 0 Å². The van der Waals surface area contributed by atoms with E-state index in [-0.39, 0.29) is 18.2 Å². The SMILES string of the molecule is CCCOCCOCCOCCOCCOCCOCCOCCOCCOCCOCCNC(=O)C1CC(=O)N(CCC23CC4CC(CC(C4)C2)C3)C(=Nc2ccc(Cl)cc2)S1. The van der Waals surface area contributed by atoms with Gasteiger partial charge in [-0.25, -0.2) is 4.99 Å². The third-order valence-corrected chi connectivity index (χ3v) is 13.2. The zero-order valence-electron chi connectivity index (χ0n) is 37.6. The number of amidine groups is 1. The quantitative estimate of drug-likeness (QED) is 0.0782. The molecule has 358 valence electrons. The van der Waals surface area contributed by atoms with Crippen LogP contribution in [-0.2, 0) is 57.0 Å². The molecule has 1 aromatic carbocycles. The maximum Gasteiger partial charge on any atom is 0.234 e. The molecule has 4 bridgehead atoms. The van der Waals surface area contributed by atoms with E-state index in [0.717, 1.165) is 37.2 Å². The summed E-state index contributed by atoms with van der Waals surface area (Å²) in [5.41, 5.74) is 1.06. The number of benzene rings is 1. The molecule has 5 fully saturated rings. The zero-order valence-corrected chi connectivity index (χ0v) is 39.2. The Labute approximate surface area is 384 Å². The summed E-state index contributed by atoms with van der Waals surface area (Å²) in [6, 6.07) is 7.27. The number of nitrogens with one attached hydrogen (secondary N) is 1. The number of rotatable bonds is 37. The fourth-order valence-corrected chi connectivity index (χ4v) is 10.5. The first-order valence-corrected chi connectivity index (χ1v) is 24.5. The van der Waals surface area contributed by atoms with Crippen molar-refractivity contribution in [1.29, 1.82) is 0 Å². The van der Waals surface area contributed by atoms with Crippen LogP contribution < -0.4 is 5.32 Å². The topological polar surface area (TPSA) is 154 Å². The van der Waals surface area contributed by atoms with Gasteiger partial charge < -0.3 is 52.7 Å². The van der Waals surface area contributed by atoms with Gasteiger partial charge in [0.25, 0.3) is 0 Å². The molecule has 2 amide bonds. The molecule has 1 atom stereocenters. The van der Waals surface area contributed by atoms with E-state index in [1.165, 1.54) is 50.3 Å². The average molecular weight is 929 g/mol. The molecule has 5 aliphatic rings. The first-order chi connectivity index (χ1) is 30.9. The summed E-state index contributed by atoms with van der Waals surface area (Å²) < 4.78 is 55.1. The largest absolute Gasteiger partial charge is 0.379 e. The smallest absolute Gasteiger partial charge is 0.234 e. The molecule has 1 heterocycles. The van der Waals surface area contributed by atoms with E-state index < -0.39 is 5.25 Å². The van der Waals surface area contributed by atoms with Crippen molar-refractivity contribution >= 4 is 46.0 Å². The normalized spacial score (nSPS) is 23.6. The van der Waals surface area contributed by atoms with Crippen molar-refractivity contribution in [2.24, 2.45) is 28.2 Å². The van der Waals surface area contributed by atoms with Gasteiger partial charge in [-0.05, 0) is 98.8 Å². The molecule has 4 aliphatic carbocycles. The van der Waals surface area contributed by atoms with Crippen molar-refractivity contribution in [3.63, 3.8) is 0 Å².